The number of carbonyl (C=O) groups excluding carboxylic acids is 1. The molecule has 0 radical (unpaired) electrons. The Morgan fingerprint density at radius 2 is 1.65 bits per heavy atom. The number of rotatable bonds is 4. The summed E-state index contributed by atoms with van der Waals surface area (Å²) in [7, 11) is 1.98. The van der Waals surface area contributed by atoms with Crippen LogP contribution in [0.3, 0.4) is 0 Å². The average Bonchev–Trinajstić information content (AvgIpc) is 3.48. The van der Waals surface area contributed by atoms with Gasteiger partial charge in [-0.3, -0.25) is 9.59 Å². The SMILES string of the molecule is Cn1c(C(C)(C)C)nc2c(N3CCCC3)c(NC(=O)c3ccc(=O)n(-c4c(F)cccc4F)n3)ccc21. The first kappa shape index (κ1) is 24.6. The van der Waals surface area contributed by atoms with Gasteiger partial charge in [-0.1, -0.05) is 26.8 Å². The molecule has 0 bridgehead atoms. The molecule has 1 aliphatic rings. The van der Waals surface area contributed by atoms with Crippen LogP contribution in [0.15, 0.2) is 47.3 Å². The molecule has 2 aromatic carbocycles. The van der Waals surface area contributed by atoms with Gasteiger partial charge in [-0.2, -0.15) is 9.78 Å². The molecule has 5 rings (SSSR count). The highest BCUT2D eigenvalue weighted by molar-refractivity contribution is 6.08. The minimum absolute atomic E-state index is 0.161. The van der Waals surface area contributed by atoms with Crippen LogP contribution in [-0.2, 0) is 12.5 Å². The van der Waals surface area contributed by atoms with Gasteiger partial charge in [0.25, 0.3) is 11.5 Å². The number of hydrogen-bond donors (Lipinski definition) is 1. The van der Waals surface area contributed by atoms with Gasteiger partial charge in [0.05, 0.1) is 16.9 Å². The lowest BCUT2D eigenvalue weighted by Gasteiger charge is -2.22. The first-order chi connectivity index (χ1) is 17.6. The van der Waals surface area contributed by atoms with Gasteiger partial charge in [0.2, 0.25) is 0 Å². The van der Waals surface area contributed by atoms with E-state index in [0.717, 1.165) is 66.7 Å². The molecular formula is C27H28F2N6O2. The van der Waals surface area contributed by atoms with Crippen LogP contribution in [0, 0.1) is 11.6 Å². The molecule has 0 unspecified atom stereocenters. The Bertz CT molecular complexity index is 1560. The van der Waals surface area contributed by atoms with Crippen LogP contribution in [0.2, 0.25) is 0 Å². The monoisotopic (exact) mass is 506 g/mol. The number of nitrogens with zero attached hydrogens (tertiary/aromatic N) is 5. The maximum atomic E-state index is 14.3. The van der Waals surface area contributed by atoms with Crippen molar-refractivity contribution in [3.63, 3.8) is 0 Å². The molecule has 1 N–H and O–H groups in total. The Balaban J connectivity index is 1.58. The van der Waals surface area contributed by atoms with Crippen molar-refractivity contribution in [3.8, 4) is 5.69 Å². The van der Waals surface area contributed by atoms with E-state index in [1.807, 2.05) is 19.2 Å². The number of nitrogens with one attached hydrogen (secondary N) is 1. The minimum atomic E-state index is -0.960. The van der Waals surface area contributed by atoms with Gasteiger partial charge in [-0.25, -0.2) is 13.8 Å². The fourth-order valence-electron chi connectivity index (χ4n) is 4.85. The van der Waals surface area contributed by atoms with E-state index in [4.69, 9.17) is 4.98 Å². The van der Waals surface area contributed by atoms with Gasteiger partial charge in [0.1, 0.15) is 22.7 Å². The molecule has 0 atom stereocenters. The lowest BCUT2D eigenvalue weighted by atomic mass is 9.96. The Kier molecular flexibility index (Phi) is 6.05. The number of aryl methyl sites for hydroxylation is 1. The van der Waals surface area contributed by atoms with Crippen molar-refractivity contribution in [2.45, 2.75) is 39.0 Å². The number of imidazole rings is 1. The number of para-hydroxylation sites is 1. The maximum absolute atomic E-state index is 14.3. The summed E-state index contributed by atoms with van der Waals surface area (Å²) in [6, 6.07) is 9.27. The number of anilines is 2. The molecule has 8 nitrogen and oxygen atoms in total. The summed E-state index contributed by atoms with van der Waals surface area (Å²) in [5, 5.41) is 6.87. The van der Waals surface area contributed by atoms with Gasteiger partial charge >= 0.3 is 0 Å². The second-order valence-corrected chi connectivity index (χ2v) is 10.3. The highest BCUT2D eigenvalue weighted by Gasteiger charge is 2.27. The molecule has 0 aliphatic carbocycles. The maximum Gasteiger partial charge on any atom is 0.276 e. The standard InChI is InChI=1S/C27H28F2N6O2/c1-27(2,3)26-31-22-20(33(26)4)12-10-18(24(22)34-14-5-6-15-34)30-25(37)19-11-13-21(36)35(32-19)23-16(28)8-7-9-17(23)29/h7-13H,5-6,14-15H2,1-4H3,(H,30,37). The van der Waals surface area contributed by atoms with Crippen molar-refractivity contribution in [1.82, 2.24) is 19.3 Å². The van der Waals surface area contributed by atoms with Crippen molar-refractivity contribution >= 4 is 28.3 Å². The first-order valence-electron chi connectivity index (χ1n) is 12.2. The fourth-order valence-corrected chi connectivity index (χ4v) is 4.85. The molecule has 37 heavy (non-hydrogen) atoms. The zero-order chi connectivity index (χ0) is 26.5. The van der Waals surface area contributed by atoms with Crippen molar-refractivity contribution in [2.24, 2.45) is 7.05 Å². The predicted molar refractivity (Wildman–Crippen MR) is 139 cm³/mol. The molecule has 2 aromatic heterocycles. The molecular weight excluding hydrogens is 478 g/mol. The molecule has 10 heteroatoms. The Hall–Kier alpha value is -4.08. The zero-order valence-corrected chi connectivity index (χ0v) is 21.2. The number of benzene rings is 2. The first-order valence-corrected chi connectivity index (χ1v) is 12.2. The van der Waals surface area contributed by atoms with Crippen LogP contribution >= 0.6 is 0 Å². The molecule has 1 fully saturated rings. The molecule has 192 valence electrons. The lowest BCUT2D eigenvalue weighted by Crippen LogP contribution is -2.27. The third kappa shape index (κ3) is 4.36. The van der Waals surface area contributed by atoms with E-state index in [2.05, 4.69) is 40.7 Å². The third-order valence-electron chi connectivity index (χ3n) is 6.55. The van der Waals surface area contributed by atoms with Gasteiger partial charge < -0.3 is 14.8 Å². The molecule has 3 heterocycles. The summed E-state index contributed by atoms with van der Waals surface area (Å²) in [4.78, 5) is 32.8. The van der Waals surface area contributed by atoms with Crippen LogP contribution in [0.1, 0.15) is 49.9 Å². The van der Waals surface area contributed by atoms with Crippen molar-refractivity contribution in [2.75, 3.05) is 23.3 Å². The zero-order valence-electron chi connectivity index (χ0n) is 21.2. The minimum Gasteiger partial charge on any atom is -0.368 e. The van der Waals surface area contributed by atoms with Crippen LogP contribution in [0.25, 0.3) is 16.7 Å². The largest absolute Gasteiger partial charge is 0.368 e. The number of carbonyl (C=O) groups is 1. The van der Waals surface area contributed by atoms with Gasteiger partial charge in [0, 0.05) is 31.6 Å². The molecule has 4 aromatic rings. The van der Waals surface area contributed by atoms with E-state index in [1.54, 1.807) is 0 Å². The molecule has 1 saturated heterocycles. The summed E-state index contributed by atoms with van der Waals surface area (Å²) >= 11 is 0. The number of amides is 1. The number of hydrogen-bond acceptors (Lipinski definition) is 5. The van der Waals surface area contributed by atoms with Gasteiger partial charge in [-0.15, -0.1) is 0 Å². The van der Waals surface area contributed by atoms with E-state index in [-0.39, 0.29) is 11.1 Å². The van der Waals surface area contributed by atoms with E-state index in [9.17, 15) is 18.4 Å². The highest BCUT2D eigenvalue weighted by atomic mass is 19.1. The third-order valence-corrected chi connectivity index (χ3v) is 6.55. The summed E-state index contributed by atoms with van der Waals surface area (Å²) in [6.07, 6.45) is 2.06. The average molecular weight is 507 g/mol. The quantitative estimate of drug-likeness (QED) is 0.439. The fraction of sp³-hybridized carbons (Fsp3) is 0.333. The van der Waals surface area contributed by atoms with E-state index in [1.165, 1.54) is 12.1 Å². The highest BCUT2D eigenvalue weighted by Crippen LogP contribution is 2.38. The van der Waals surface area contributed by atoms with Crippen LogP contribution < -0.4 is 15.8 Å². The summed E-state index contributed by atoms with van der Waals surface area (Å²) in [6.45, 7) is 7.97. The summed E-state index contributed by atoms with van der Waals surface area (Å²) in [5.41, 5.74) is 1.38. The van der Waals surface area contributed by atoms with Crippen molar-refractivity contribution in [3.05, 3.63) is 76.0 Å². The number of fused-ring (bicyclic) bond motifs is 1. The van der Waals surface area contributed by atoms with Crippen molar-refractivity contribution in [1.29, 1.82) is 0 Å². The van der Waals surface area contributed by atoms with Crippen molar-refractivity contribution < 1.29 is 13.6 Å². The van der Waals surface area contributed by atoms with E-state index in [0.29, 0.717) is 10.4 Å². The molecule has 1 amide bonds. The molecule has 1 aliphatic heterocycles. The second-order valence-electron chi connectivity index (χ2n) is 10.3. The summed E-state index contributed by atoms with van der Waals surface area (Å²) in [5.74, 6) is -1.61. The Morgan fingerprint density at radius 3 is 2.30 bits per heavy atom. The van der Waals surface area contributed by atoms with Gasteiger partial charge in [0.15, 0.2) is 11.6 Å². The van der Waals surface area contributed by atoms with E-state index < -0.39 is 28.8 Å². The predicted octanol–water partition coefficient (Wildman–Crippen LogP) is 4.55. The number of aromatic nitrogens is 4. The van der Waals surface area contributed by atoms with Crippen LogP contribution in [-0.4, -0.2) is 38.3 Å². The Labute approximate surface area is 212 Å². The smallest absolute Gasteiger partial charge is 0.276 e. The van der Waals surface area contributed by atoms with Gasteiger partial charge in [-0.05, 0) is 43.2 Å². The van der Waals surface area contributed by atoms with Crippen LogP contribution in [0.4, 0.5) is 20.2 Å². The summed E-state index contributed by atoms with van der Waals surface area (Å²) < 4.78 is 31.3. The molecule has 0 spiro atoms. The van der Waals surface area contributed by atoms with E-state index >= 15 is 0 Å². The Morgan fingerprint density at radius 1 is 0.973 bits per heavy atom. The van der Waals surface area contributed by atoms with Crippen LogP contribution in [0.5, 0.6) is 0 Å². The normalized spacial score (nSPS) is 13.9. The topological polar surface area (TPSA) is 85.0 Å². The second kappa shape index (κ2) is 9.10. The molecule has 0 saturated carbocycles. The lowest BCUT2D eigenvalue weighted by molar-refractivity contribution is 0.102. The number of halogens is 2.